The van der Waals surface area contributed by atoms with Gasteiger partial charge in [0.15, 0.2) is 0 Å². The molecule has 0 spiro atoms. The van der Waals surface area contributed by atoms with Crippen LogP contribution in [0.15, 0.2) is 84.9 Å². The third kappa shape index (κ3) is 3.34. The SMILES string of the molecule is FC(F)=C(c1ccc(F)cc1)c1ccc(-c2ccccc2)cc1. The largest absolute Gasteiger partial charge is 0.278 e. The first-order valence-corrected chi connectivity index (χ1v) is 7.12. The molecule has 0 bridgehead atoms. The molecule has 114 valence electrons. The van der Waals surface area contributed by atoms with Crippen LogP contribution in [0, 0.1) is 5.82 Å². The summed E-state index contributed by atoms with van der Waals surface area (Å²) in [6.07, 6.45) is -1.79. The van der Waals surface area contributed by atoms with Crippen LogP contribution in [0.2, 0.25) is 0 Å². The van der Waals surface area contributed by atoms with Gasteiger partial charge in [-0.3, -0.25) is 0 Å². The van der Waals surface area contributed by atoms with E-state index in [1.807, 2.05) is 30.3 Å². The minimum Gasteiger partial charge on any atom is -0.207 e. The number of halogens is 3. The Hall–Kier alpha value is -2.81. The molecule has 0 N–H and O–H groups in total. The predicted octanol–water partition coefficient (Wildman–Crippen LogP) is 6.15. The highest BCUT2D eigenvalue weighted by atomic mass is 19.3. The number of hydrogen-bond donors (Lipinski definition) is 0. The quantitative estimate of drug-likeness (QED) is 0.544. The van der Waals surface area contributed by atoms with Crippen molar-refractivity contribution in [3.05, 3.63) is 102 Å². The van der Waals surface area contributed by atoms with Gasteiger partial charge in [-0.15, -0.1) is 0 Å². The smallest absolute Gasteiger partial charge is 0.207 e. The molecule has 3 aromatic carbocycles. The lowest BCUT2D eigenvalue weighted by atomic mass is 9.96. The highest BCUT2D eigenvalue weighted by molar-refractivity contribution is 5.81. The lowest BCUT2D eigenvalue weighted by Crippen LogP contribution is -1.90. The van der Waals surface area contributed by atoms with Crippen molar-refractivity contribution in [3.8, 4) is 11.1 Å². The van der Waals surface area contributed by atoms with Crippen molar-refractivity contribution in [2.75, 3.05) is 0 Å². The van der Waals surface area contributed by atoms with Crippen LogP contribution < -0.4 is 0 Å². The van der Waals surface area contributed by atoms with Crippen LogP contribution in [-0.4, -0.2) is 0 Å². The summed E-state index contributed by atoms with van der Waals surface area (Å²) in [6, 6.07) is 21.7. The van der Waals surface area contributed by atoms with Gasteiger partial charge in [0.2, 0.25) is 0 Å². The minimum atomic E-state index is -1.79. The summed E-state index contributed by atoms with van der Waals surface area (Å²) in [6.45, 7) is 0. The molecule has 0 saturated heterocycles. The summed E-state index contributed by atoms with van der Waals surface area (Å²) in [5.41, 5.74) is 2.49. The van der Waals surface area contributed by atoms with E-state index < -0.39 is 11.9 Å². The normalized spacial score (nSPS) is 10.4. The molecule has 0 radical (unpaired) electrons. The Bertz CT molecular complexity index is 813. The van der Waals surface area contributed by atoms with Gasteiger partial charge in [-0.2, -0.15) is 8.78 Å². The van der Waals surface area contributed by atoms with Crippen LogP contribution in [0.25, 0.3) is 16.7 Å². The van der Waals surface area contributed by atoms with Gasteiger partial charge in [0.05, 0.1) is 5.57 Å². The molecule has 0 aliphatic rings. The van der Waals surface area contributed by atoms with Gasteiger partial charge in [0.1, 0.15) is 5.82 Å². The molecule has 0 aromatic heterocycles. The average Bonchev–Trinajstić information content (AvgIpc) is 2.58. The van der Waals surface area contributed by atoms with Gasteiger partial charge < -0.3 is 0 Å². The molecule has 0 aliphatic heterocycles. The van der Waals surface area contributed by atoms with Crippen LogP contribution >= 0.6 is 0 Å². The van der Waals surface area contributed by atoms with Crippen molar-refractivity contribution in [2.45, 2.75) is 0 Å². The number of hydrogen-bond acceptors (Lipinski definition) is 0. The third-order valence-electron chi connectivity index (χ3n) is 3.60. The molecular formula is C20H13F3. The second kappa shape index (κ2) is 6.53. The average molecular weight is 310 g/mol. The molecule has 3 aromatic rings. The molecule has 0 aliphatic carbocycles. The van der Waals surface area contributed by atoms with E-state index in [4.69, 9.17) is 0 Å². The van der Waals surface area contributed by atoms with Crippen LogP contribution in [-0.2, 0) is 0 Å². The minimum absolute atomic E-state index is 0.176. The summed E-state index contributed by atoms with van der Waals surface area (Å²) in [5.74, 6) is -0.452. The Morgan fingerprint density at radius 1 is 0.565 bits per heavy atom. The van der Waals surface area contributed by atoms with E-state index in [1.54, 1.807) is 24.3 Å². The molecule has 0 heterocycles. The fraction of sp³-hybridized carbons (Fsp3) is 0. The lowest BCUT2D eigenvalue weighted by Gasteiger charge is -2.09. The van der Waals surface area contributed by atoms with Gasteiger partial charge in [-0.1, -0.05) is 66.7 Å². The van der Waals surface area contributed by atoms with Gasteiger partial charge in [-0.05, 0) is 34.4 Å². The zero-order chi connectivity index (χ0) is 16.2. The zero-order valence-corrected chi connectivity index (χ0v) is 12.1. The van der Waals surface area contributed by atoms with E-state index in [1.165, 1.54) is 24.3 Å². The monoisotopic (exact) mass is 310 g/mol. The van der Waals surface area contributed by atoms with Gasteiger partial charge in [-0.25, -0.2) is 4.39 Å². The summed E-state index contributed by atoms with van der Waals surface area (Å²) in [4.78, 5) is 0. The molecule has 3 heteroatoms. The van der Waals surface area contributed by atoms with E-state index in [0.29, 0.717) is 11.1 Å². The molecule has 0 saturated carbocycles. The first-order valence-electron chi connectivity index (χ1n) is 7.12. The van der Waals surface area contributed by atoms with Crippen molar-refractivity contribution < 1.29 is 13.2 Å². The fourth-order valence-electron chi connectivity index (χ4n) is 2.46. The highest BCUT2D eigenvalue weighted by Crippen LogP contribution is 2.30. The highest BCUT2D eigenvalue weighted by Gasteiger charge is 2.12. The second-order valence-electron chi connectivity index (χ2n) is 5.09. The Kier molecular flexibility index (Phi) is 4.29. The Morgan fingerprint density at radius 3 is 1.57 bits per heavy atom. The Labute approximate surface area is 132 Å². The van der Waals surface area contributed by atoms with Gasteiger partial charge >= 0.3 is 0 Å². The van der Waals surface area contributed by atoms with Crippen LogP contribution in [0.4, 0.5) is 13.2 Å². The second-order valence-corrected chi connectivity index (χ2v) is 5.09. The first kappa shape index (κ1) is 15.1. The maximum Gasteiger partial charge on any atom is 0.278 e. The summed E-state index contributed by atoms with van der Waals surface area (Å²) in [7, 11) is 0. The standard InChI is InChI=1S/C20H13F3/c21-18-12-10-17(11-13-18)19(20(22)23)16-8-6-15(7-9-16)14-4-2-1-3-5-14/h1-13H. The lowest BCUT2D eigenvalue weighted by molar-refractivity contribution is 0.426. The van der Waals surface area contributed by atoms with E-state index in [-0.39, 0.29) is 5.57 Å². The first-order chi connectivity index (χ1) is 11.1. The van der Waals surface area contributed by atoms with E-state index in [9.17, 15) is 13.2 Å². The molecule has 0 unspecified atom stereocenters. The van der Waals surface area contributed by atoms with Crippen LogP contribution in [0.5, 0.6) is 0 Å². The molecule has 0 amide bonds. The van der Waals surface area contributed by atoms with Gasteiger partial charge in [0.25, 0.3) is 6.08 Å². The molecule has 3 rings (SSSR count). The number of rotatable bonds is 3. The van der Waals surface area contributed by atoms with Crippen LogP contribution in [0.1, 0.15) is 11.1 Å². The van der Waals surface area contributed by atoms with Crippen molar-refractivity contribution in [3.63, 3.8) is 0 Å². The maximum atomic E-state index is 13.4. The van der Waals surface area contributed by atoms with Crippen LogP contribution in [0.3, 0.4) is 0 Å². The van der Waals surface area contributed by atoms with E-state index in [2.05, 4.69) is 0 Å². The zero-order valence-electron chi connectivity index (χ0n) is 12.1. The summed E-state index contributed by atoms with van der Waals surface area (Å²) in [5, 5.41) is 0. The Balaban J connectivity index is 1.99. The number of benzene rings is 3. The molecule has 0 fully saturated rings. The van der Waals surface area contributed by atoms with Gasteiger partial charge in [0, 0.05) is 0 Å². The fourth-order valence-corrected chi connectivity index (χ4v) is 2.46. The molecule has 0 atom stereocenters. The van der Waals surface area contributed by atoms with E-state index in [0.717, 1.165) is 11.1 Å². The molecule has 23 heavy (non-hydrogen) atoms. The summed E-state index contributed by atoms with van der Waals surface area (Å²) < 4.78 is 39.8. The van der Waals surface area contributed by atoms with E-state index >= 15 is 0 Å². The van der Waals surface area contributed by atoms with Crippen molar-refractivity contribution >= 4 is 5.57 Å². The molecular weight excluding hydrogens is 297 g/mol. The predicted molar refractivity (Wildman–Crippen MR) is 86.5 cm³/mol. The van der Waals surface area contributed by atoms with Crippen molar-refractivity contribution in [1.29, 1.82) is 0 Å². The third-order valence-corrected chi connectivity index (χ3v) is 3.60. The van der Waals surface area contributed by atoms with Crippen molar-refractivity contribution in [1.82, 2.24) is 0 Å². The topological polar surface area (TPSA) is 0 Å². The maximum absolute atomic E-state index is 13.4. The van der Waals surface area contributed by atoms with Crippen molar-refractivity contribution in [2.24, 2.45) is 0 Å². The Morgan fingerprint density at radius 2 is 1.04 bits per heavy atom. The summed E-state index contributed by atoms with van der Waals surface area (Å²) >= 11 is 0. The molecule has 0 nitrogen and oxygen atoms in total.